The molecule has 0 saturated carbocycles. The number of aromatic amines is 1. The van der Waals surface area contributed by atoms with Crippen LogP contribution >= 0.6 is 11.8 Å². The van der Waals surface area contributed by atoms with Crippen LogP contribution in [0.1, 0.15) is 12.8 Å². The third-order valence-corrected chi connectivity index (χ3v) is 5.40. The Balaban J connectivity index is 1.35. The van der Waals surface area contributed by atoms with Gasteiger partial charge in [-0.05, 0) is 24.3 Å². The van der Waals surface area contributed by atoms with Crippen molar-refractivity contribution in [1.82, 2.24) is 14.8 Å². The Labute approximate surface area is 155 Å². The van der Waals surface area contributed by atoms with Crippen molar-refractivity contribution in [3.63, 3.8) is 0 Å². The molecule has 1 aliphatic heterocycles. The van der Waals surface area contributed by atoms with E-state index in [2.05, 4.69) is 28.4 Å². The highest BCUT2D eigenvalue weighted by Gasteiger charge is 2.19. The van der Waals surface area contributed by atoms with E-state index in [-0.39, 0.29) is 11.8 Å². The number of nitrogens with zero attached hydrogens (tertiary/aromatic N) is 2. The number of benzene rings is 2. The maximum absolute atomic E-state index is 12.0. The topological polar surface area (TPSA) is 69.1 Å². The molecule has 7 heteroatoms. The van der Waals surface area contributed by atoms with Gasteiger partial charge < -0.3 is 9.47 Å². The number of thioether (sulfide) groups is 1. The maximum Gasteiger partial charge on any atom is 0.344 e. The minimum Gasteiger partial charge on any atom is -0.492 e. The molecule has 1 N–H and O–H groups in total. The molecule has 3 aromatic rings. The van der Waals surface area contributed by atoms with Gasteiger partial charge in [0.1, 0.15) is 5.75 Å². The van der Waals surface area contributed by atoms with E-state index in [0.717, 1.165) is 36.0 Å². The van der Waals surface area contributed by atoms with Gasteiger partial charge in [0, 0.05) is 17.7 Å². The van der Waals surface area contributed by atoms with Crippen LogP contribution in [0, 0.1) is 0 Å². The fourth-order valence-electron chi connectivity index (χ4n) is 3.17. The van der Waals surface area contributed by atoms with Crippen LogP contribution in [0.2, 0.25) is 0 Å². The molecular formula is C19H21N3O3S. The predicted molar refractivity (Wildman–Crippen MR) is 102 cm³/mol. The van der Waals surface area contributed by atoms with Crippen LogP contribution in [0.4, 0.5) is 0 Å². The molecule has 0 aliphatic carbocycles. The second-order valence-corrected chi connectivity index (χ2v) is 7.29. The highest BCUT2D eigenvalue weighted by molar-refractivity contribution is 7.99. The highest BCUT2D eigenvalue weighted by atomic mass is 32.2. The standard InChI is InChI=1S/C19H21N3O3S/c23-18-20-21-19(22(18)13-15-7-4-10-24-15)26-12-11-25-17-9-3-6-14-5-1-2-8-16(14)17/h1-3,5-6,8-9,15H,4,7,10-13H2,(H,20,23). The van der Waals surface area contributed by atoms with Gasteiger partial charge in [0.05, 0.1) is 19.3 Å². The molecule has 0 amide bonds. The molecule has 1 fully saturated rings. The van der Waals surface area contributed by atoms with E-state index < -0.39 is 0 Å². The summed E-state index contributed by atoms with van der Waals surface area (Å²) >= 11 is 1.52. The van der Waals surface area contributed by atoms with Crippen LogP contribution in [0.3, 0.4) is 0 Å². The summed E-state index contributed by atoms with van der Waals surface area (Å²) in [6.07, 6.45) is 2.15. The zero-order chi connectivity index (χ0) is 17.8. The van der Waals surface area contributed by atoms with Crippen LogP contribution < -0.4 is 10.4 Å². The molecule has 1 atom stereocenters. The summed E-state index contributed by atoms with van der Waals surface area (Å²) in [6, 6.07) is 14.2. The van der Waals surface area contributed by atoms with Crippen LogP contribution in [0.25, 0.3) is 10.8 Å². The molecule has 1 aliphatic rings. The van der Waals surface area contributed by atoms with Gasteiger partial charge in [0.25, 0.3) is 0 Å². The van der Waals surface area contributed by atoms with Gasteiger partial charge >= 0.3 is 5.69 Å². The van der Waals surface area contributed by atoms with Crippen molar-refractivity contribution >= 4 is 22.5 Å². The van der Waals surface area contributed by atoms with Crippen molar-refractivity contribution in [2.75, 3.05) is 19.0 Å². The van der Waals surface area contributed by atoms with Crippen LogP contribution in [-0.2, 0) is 11.3 Å². The van der Waals surface area contributed by atoms with Gasteiger partial charge in [-0.3, -0.25) is 4.57 Å². The zero-order valence-electron chi connectivity index (χ0n) is 14.4. The molecule has 0 radical (unpaired) electrons. The van der Waals surface area contributed by atoms with Crippen molar-refractivity contribution in [1.29, 1.82) is 0 Å². The lowest BCUT2D eigenvalue weighted by molar-refractivity contribution is 0.0941. The number of hydrogen-bond acceptors (Lipinski definition) is 5. The largest absolute Gasteiger partial charge is 0.492 e. The van der Waals surface area contributed by atoms with Crippen molar-refractivity contribution in [3.8, 4) is 5.75 Å². The molecule has 26 heavy (non-hydrogen) atoms. The van der Waals surface area contributed by atoms with E-state index in [1.807, 2.05) is 24.3 Å². The van der Waals surface area contributed by atoms with Gasteiger partial charge in [-0.1, -0.05) is 48.2 Å². The van der Waals surface area contributed by atoms with Gasteiger partial charge in [-0.15, -0.1) is 5.10 Å². The molecule has 4 rings (SSSR count). The van der Waals surface area contributed by atoms with Crippen LogP contribution in [0.5, 0.6) is 5.75 Å². The monoisotopic (exact) mass is 371 g/mol. The fraction of sp³-hybridized carbons (Fsp3) is 0.368. The van der Waals surface area contributed by atoms with Gasteiger partial charge in [0.15, 0.2) is 5.16 Å². The van der Waals surface area contributed by atoms with Crippen molar-refractivity contribution < 1.29 is 9.47 Å². The molecule has 1 aromatic heterocycles. The molecule has 0 bridgehead atoms. The van der Waals surface area contributed by atoms with Gasteiger partial charge in [0.2, 0.25) is 0 Å². The Morgan fingerprint density at radius 3 is 3.04 bits per heavy atom. The van der Waals surface area contributed by atoms with E-state index in [1.54, 1.807) is 4.57 Å². The number of nitrogens with one attached hydrogen (secondary N) is 1. The summed E-state index contributed by atoms with van der Waals surface area (Å²) < 4.78 is 13.2. The summed E-state index contributed by atoms with van der Waals surface area (Å²) in [4.78, 5) is 12.0. The lowest BCUT2D eigenvalue weighted by atomic mass is 10.1. The van der Waals surface area contributed by atoms with Crippen molar-refractivity contribution in [2.24, 2.45) is 0 Å². The van der Waals surface area contributed by atoms with Gasteiger partial charge in [-0.2, -0.15) is 0 Å². The Morgan fingerprint density at radius 2 is 2.15 bits per heavy atom. The number of H-pyrrole nitrogens is 1. The lowest BCUT2D eigenvalue weighted by Crippen LogP contribution is -2.25. The van der Waals surface area contributed by atoms with Crippen molar-refractivity contribution in [3.05, 3.63) is 52.9 Å². The second-order valence-electron chi connectivity index (χ2n) is 6.23. The first kappa shape index (κ1) is 17.2. The molecule has 1 saturated heterocycles. The summed E-state index contributed by atoms with van der Waals surface area (Å²) in [5.41, 5.74) is -0.182. The summed E-state index contributed by atoms with van der Waals surface area (Å²) in [5.74, 6) is 1.58. The SMILES string of the molecule is O=c1[nH]nc(SCCOc2cccc3ccccc23)n1CC1CCCO1. The second kappa shape index (κ2) is 7.97. The first-order valence-electron chi connectivity index (χ1n) is 8.81. The van der Waals surface area contributed by atoms with E-state index in [0.29, 0.717) is 24.1 Å². The average molecular weight is 371 g/mol. The molecule has 2 heterocycles. The molecule has 6 nitrogen and oxygen atoms in total. The summed E-state index contributed by atoms with van der Waals surface area (Å²) in [6.45, 7) is 1.88. The van der Waals surface area contributed by atoms with E-state index in [1.165, 1.54) is 11.8 Å². The fourth-order valence-corrected chi connectivity index (χ4v) is 3.95. The average Bonchev–Trinajstić information content (AvgIpc) is 3.30. The minimum absolute atomic E-state index is 0.108. The first-order valence-corrected chi connectivity index (χ1v) is 9.80. The third kappa shape index (κ3) is 3.78. The van der Waals surface area contributed by atoms with Crippen molar-refractivity contribution in [2.45, 2.75) is 30.6 Å². The molecule has 1 unspecified atom stereocenters. The van der Waals surface area contributed by atoms with E-state index in [4.69, 9.17) is 9.47 Å². The lowest BCUT2D eigenvalue weighted by Gasteiger charge is -2.11. The van der Waals surface area contributed by atoms with E-state index >= 15 is 0 Å². The highest BCUT2D eigenvalue weighted by Crippen LogP contribution is 2.25. The number of rotatable bonds is 7. The predicted octanol–water partition coefficient (Wildman–Crippen LogP) is 3.07. The number of fused-ring (bicyclic) bond motifs is 1. The Hall–Kier alpha value is -2.25. The summed E-state index contributed by atoms with van der Waals surface area (Å²) in [5, 5.41) is 9.62. The molecule has 2 aromatic carbocycles. The van der Waals surface area contributed by atoms with Gasteiger partial charge in [-0.25, -0.2) is 9.89 Å². The Kier molecular flexibility index (Phi) is 5.26. The third-order valence-electron chi connectivity index (χ3n) is 4.46. The number of aromatic nitrogens is 3. The molecule has 136 valence electrons. The number of hydrogen-bond donors (Lipinski definition) is 1. The van der Waals surface area contributed by atoms with Crippen LogP contribution in [0.15, 0.2) is 52.4 Å². The first-order chi connectivity index (χ1) is 12.8. The Morgan fingerprint density at radius 1 is 1.27 bits per heavy atom. The summed E-state index contributed by atoms with van der Waals surface area (Å²) in [7, 11) is 0. The number of ether oxygens (including phenoxy) is 2. The smallest absolute Gasteiger partial charge is 0.344 e. The molecular weight excluding hydrogens is 350 g/mol. The van der Waals surface area contributed by atoms with Crippen LogP contribution in [-0.4, -0.2) is 39.8 Å². The van der Waals surface area contributed by atoms with E-state index in [9.17, 15) is 4.79 Å². The quantitative estimate of drug-likeness (QED) is 0.511. The minimum atomic E-state index is -0.182. The Bertz CT molecular complexity index is 926. The molecule has 0 spiro atoms. The maximum atomic E-state index is 12.0. The normalized spacial score (nSPS) is 17.0. The zero-order valence-corrected chi connectivity index (χ0v) is 15.2.